The quantitative estimate of drug-likeness (QED) is 0.598. The maximum absolute atomic E-state index is 8.48. The van der Waals surface area contributed by atoms with Gasteiger partial charge in [-0.05, 0) is 26.2 Å². The van der Waals surface area contributed by atoms with Crippen molar-refractivity contribution in [3.63, 3.8) is 0 Å². The van der Waals surface area contributed by atoms with E-state index in [4.69, 9.17) is 5.26 Å². The van der Waals surface area contributed by atoms with E-state index in [2.05, 4.69) is 45.9 Å². The van der Waals surface area contributed by atoms with Crippen molar-refractivity contribution in [3.05, 3.63) is 23.3 Å². The first-order valence-corrected chi connectivity index (χ1v) is 4.78. The highest BCUT2D eigenvalue weighted by atomic mass is 14.2. The number of nitriles is 1. The number of hydrogen-bond acceptors (Lipinski definition) is 1. The molecule has 0 aromatic rings. The van der Waals surface area contributed by atoms with Crippen LogP contribution in [0.5, 0.6) is 0 Å². The molecular weight excluding hydrogens is 158 g/mol. The molecular formula is C12H19N. The molecule has 0 radical (unpaired) electrons. The smallest absolute Gasteiger partial charge is 0.0625 e. The molecule has 1 nitrogen and oxygen atoms in total. The first-order valence-electron chi connectivity index (χ1n) is 4.78. The van der Waals surface area contributed by atoms with Crippen molar-refractivity contribution in [2.45, 2.75) is 40.5 Å². The fourth-order valence-corrected chi connectivity index (χ4v) is 1.04. The van der Waals surface area contributed by atoms with E-state index < -0.39 is 0 Å². The van der Waals surface area contributed by atoms with Crippen molar-refractivity contribution < 1.29 is 0 Å². The largest absolute Gasteiger partial charge is 0.198 e. The highest BCUT2D eigenvalue weighted by Crippen LogP contribution is 2.15. The fraction of sp³-hybridized carbons (Fsp3) is 0.583. The van der Waals surface area contributed by atoms with E-state index >= 15 is 0 Å². The summed E-state index contributed by atoms with van der Waals surface area (Å²) in [6, 6.07) is 2.18. The minimum atomic E-state index is 0.545. The molecule has 0 atom stereocenters. The van der Waals surface area contributed by atoms with Crippen LogP contribution in [0.2, 0.25) is 0 Å². The van der Waals surface area contributed by atoms with Gasteiger partial charge in [-0.25, -0.2) is 0 Å². The highest BCUT2D eigenvalue weighted by Gasteiger charge is 2.00. The Morgan fingerprint density at radius 1 is 1.31 bits per heavy atom. The van der Waals surface area contributed by atoms with Gasteiger partial charge in [-0.1, -0.05) is 37.1 Å². The molecule has 0 saturated carbocycles. The SMILES string of the molecule is CC(C)=C/C=C(\CCC#N)C(C)C. The first-order chi connectivity index (χ1) is 6.07. The van der Waals surface area contributed by atoms with Gasteiger partial charge in [0, 0.05) is 6.42 Å². The Balaban J connectivity index is 4.34. The van der Waals surface area contributed by atoms with Crippen molar-refractivity contribution >= 4 is 0 Å². The molecule has 0 heterocycles. The molecule has 0 aliphatic carbocycles. The topological polar surface area (TPSA) is 23.8 Å². The van der Waals surface area contributed by atoms with E-state index in [0.717, 1.165) is 6.42 Å². The number of hydrogen-bond donors (Lipinski definition) is 0. The molecule has 0 unspecified atom stereocenters. The predicted molar refractivity (Wildman–Crippen MR) is 57.2 cm³/mol. The lowest BCUT2D eigenvalue weighted by Crippen LogP contribution is -1.93. The molecule has 72 valence electrons. The van der Waals surface area contributed by atoms with Gasteiger partial charge < -0.3 is 0 Å². The molecule has 0 aliphatic rings. The second-order valence-electron chi connectivity index (χ2n) is 3.80. The van der Waals surface area contributed by atoms with Crippen LogP contribution in [0.25, 0.3) is 0 Å². The lowest BCUT2D eigenvalue weighted by molar-refractivity contribution is 0.717. The van der Waals surface area contributed by atoms with Gasteiger partial charge in [-0.3, -0.25) is 0 Å². The summed E-state index contributed by atoms with van der Waals surface area (Å²) in [7, 11) is 0. The average Bonchev–Trinajstić information content (AvgIpc) is 2.03. The summed E-state index contributed by atoms with van der Waals surface area (Å²) in [5.41, 5.74) is 2.66. The van der Waals surface area contributed by atoms with E-state index in [9.17, 15) is 0 Å². The molecule has 0 amide bonds. The summed E-state index contributed by atoms with van der Waals surface area (Å²) in [6.45, 7) is 8.50. The van der Waals surface area contributed by atoms with Gasteiger partial charge in [0.25, 0.3) is 0 Å². The van der Waals surface area contributed by atoms with Crippen LogP contribution in [0.3, 0.4) is 0 Å². The third-order valence-electron chi connectivity index (χ3n) is 1.90. The minimum Gasteiger partial charge on any atom is -0.198 e. The van der Waals surface area contributed by atoms with Gasteiger partial charge in [-0.15, -0.1) is 0 Å². The normalized spacial score (nSPS) is 11.2. The third-order valence-corrected chi connectivity index (χ3v) is 1.90. The summed E-state index contributed by atoms with van der Waals surface area (Å²) >= 11 is 0. The van der Waals surface area contributed by atoms with Gasteiger partial charge in [0.15, 0.2) is 0 Å². The molecule has 0 saturated heterocycles. The summed E-state index contributed by atoms with van der Waals surface area (Å²) in [4.78, 5) is 0. The minimum absolute atomic E-state index is 0.545. The zero-order chi connectivity index (χ0) is 10.3. The van der Waals surface area contributed by atoms with Crippen molar-refractivity contribution in [2.24, 2.45) is 5.92 Å². The molecule has 13 heavy (non-hydrogen) atoms. The summed E-state index contributed by atoms with van der Waals surface area (Å²) in [6.07, 6.45) is 5.79. The van der Waals surface area contributed by atoms with E-state index in [1.165, 1.54) is 11.1 Å². The van der Waals surface area contributed by atoms with Gasteiger partial charge in [0.1, 0.15) is 0 Å². The maximum atomic E-state index is 8.48. The zero-order valence-corrected chi connectivity index (χ0v) is 9.09. The Hall–Kier alpha value is -1.03. The van der Waals surface area contributed by atoms with Crippen LogP contribution in [0, 0.1) is 17.2 Å². The Morgan fingerprint density at radius 2 is 1.92 bits per heavy atom. The predicted octanol–water partition coefficient (Wildman–Crippen LogP) is 3.84. The maximum Gasteiger partial charge on any atom is 0.0625 e. The van der Waals surface area contributed by atoms with E-state index in [-0.39, 0.29) is 0 Å². The molecule has 1 heteroatoms. The van der Waals surface area contributed by atoms with Crippen LogP contribution < -0.4 is 0 Å². The third kappa shape index (κ3) is 6.16. The molecule has 0 aromatic carbocycles. The fourth-order valence-electron chi connectivity index (χ4n) is 1.04. The monoisotopic (exact) mass is 177 g/mol. The van der Waals surface area contributed by atoms with Crippen LogP contribution in [0.4, 0.5) is 0 Å². The Kier molecular flexibility index (Phi) is 5.97. The van der Waals surface area contributed by atoms with E-state index in [0.29, 0.717) is 12.3 Å². The van der Waals surface area contributed by atoms with E-state index in [1.54, 1.807) is 0 Å². The average molecular weight is 177 g/mol. The Bertz CT molecular complexity index is 234. The highest BCUT2D eigenvalue weighted by molar-refractivity contribution is 5.17. The lowest BCUT2D eigenvalue weighted by Gasteiger charge is -2.08. The van der Waals surface area contributed by atoms with Crippen molar-refractivity contribution in [1.82, 2.24) is 0 Å². The van der Waals surface area contributed by atoms with Gasteiger partial charge in [0.2, 0.25) is 0 Å². The molecule has 0 rings (SSSR count). The van der Waals surface area contributed by atoms with E-state index in [1.807, 2.05) is 0 Å². The molecule has 0 aliphatic heterocycles. The first kappa shape index (κ1) is 12.0. The number of nitrogens with zero attached hydrogens (tertiary/aromatic N) is 1. The van der Waals surface area contributed by atoms with Crippen LogP contribution >= 0.6 is 0 Å². The van der Waals surface area contributed by atoms with Gasteiger partial charge >= 0.3 is 0 Å². The number of rotatable bonds is 4. The van der Waals surface area contributed by atoms with Crippen molar-refractivity contribution in [2.75, 3.05) is 0 Å². The molecule has 0 aromatic heterocycles. The molecule has 0 N–H and O–H groups in total. The van der Waals surface area contributed by atoms with Gasteiger partial charge in [-0.2, -0.15) is 5.26 Å². The van der Waals surface area contributed by atoms with Gasteiger partial charge in [0.05, 0.1) is 6.07 Å². The number of allylic oxidation sites excluding steroid dienone is 4. The zero-order valence-electron chi connectivity index (χ0n) is 9.09. The van der Waals surface area contributed by atoms with Crippen LogP contribution in [0.1, 0.15) is 40.5 Å². The Morgan fingerprint density at radius 3 is 2.31 bits per heavy atom. The Labute approximate surface area is 81.8 Å². The lowest BCUT2D eigenvalue weighted by atomic mass is 9.98. The van der Waals surface area contributed by atoms with Crippen molar-refractivity contribution in [1.29, 1.82) is 5.26 Å². The molecule has 0 spiro atoms. The van der Waals surface area contributed by atoms with Crippen LogP contribution in [-0.2, 0) is 0 Å². The summed E-state index contributed by atoms with van der Waals surface area (Å²) < 4.78 is 0. The summed E-state index contributed by atoms with van der Waals surface area (Å²) in [5.74, 6) is 0.545. The second-order valence-corrected chi connectivity index (χ2v) is 3.80. The van der Waals surface area contributed by atoms with Crippen molar-refractivity contribution in [3.8, 4) is 6.07 Å². The van der Waals surface area contributed by atoms with Crippen LogP contribution in [-0.4, -0.2) is 0 Å². The standard InChI is InChI=1S/C12H19N/c1-10(2)7-8-12(11(3)4)6-5-9-13/h7-8,11H,5-6H2,1-4H3/b12-8+. The summed E-state index contributed by atoms with van der Waals surface area (Å²) in [5, 5.41) is 8.48. The second kappa shape index (κ2) is 6.48. The van der Waals surface area contributed by atoms with Crippen LogP contribution in [0.15, 0.2) is 23.3 Å². The molecule has 0 fully saturated rings. The molecule has 0 bridgehead atoms.